The van der Waals surface area contributed by atoms with Gasteiger partial charge in [0.25, 0.3) is 0 Å². The van der Waals surface area contributed by atoms with Crippen molar-refractivity contribution in [1.82, 2.24) is 5.32 Å². The van der Waals surface area contributed by atoms with Crippen LogP contribution < -0.4 is 5.32 Å². The molecule has 3 heteroatoms. The monoisotopic (exact) mass is 268 g/mol. The molecule has 1 aliphatic carbocycles. The van der Waals surface area contributed by atoms with E-state index in [1.54, 1.807) is 0 Å². The second kappa shape index (κ2) is 6.83. The van der Waals surface area contributed by atoms with Gasteiger partial charge in [-0.25, -0.2) is 0 Å². The van der Waals surface area contributed by atoms with E-state index in [4.69, 9.17) is 4.99 Å². The van der Waals surface area contributed by atoms with Gasteiger partial charge in [0, 0.05) is 18.8 Å². The fraction of sp³-hybridized carbons (Fsp3) is 0.933. The van der Waals surface area contributed by atoms with Crippen LogP contribution in [-0.2, 0) is 0 Å². The van der Waals surface area contributed by atoms with E-state index in [1.807, 2.05) is 11.8 Å². The molecule has 2 rings (SSSR count). The smallest absolute Gasteiger partial charge is 0.156 e. The van der Waals surface area contributed by atoms with Crippen molar-refractivity contribution in [2.45, 2.75) is 58.8 Å². The van der Waals surface area contributed by atoms with E-state index in [1.165, 1.54) is 55.9 Å². The van der Waals surface area contributed by atoms with Crippen LogP contribution >= 0.6 is 11.8 Å². The Morgan fingerprint density at radius 1 is 1.28 bits per heavy atom. The highest BCUT2D eigenvalue weighted by molar-refractivity contribution is 8.13. The highest BCUT2D eigenvalue weighted by Gasteiger charge is 2.36. The summed E-state index contributed by atoms with van der Waals surface area (Å²) in [5, 5.41) is 4.72. The van der Waals surface area contributed by atoms with Crippen molar-refractivity contribution in [3.63, 3.8) is 0 Å². The Bertz CT molecular complexity index is 280. The standard InChI is InChI=1S/C15H28N2S/c1-13(2)7-3-6-10-16-14-17-11-15(12-18-14)8-4-5-9-15/h13H,3-12H2,1-2H3,(H,16,17). The van der Waals surface area contributed by atoms with Crippen LogP contribution in [0.5, 0.6) is 0 Å². The van der Waals surface area contributed by atoms with Crippen molar-refractivity contribution in [2.75, 3.05) is 18.8 Å². The van der Waals surface area contributed by atoms with E-state index >= 15 is 0 Å². The first-order valence-corrected chi connectivity index (χ1v) is 8.60. The van der Waals surface area contributed by atoms with Gasteiger partial charge < -0.3 is 5.32 Å². The van der Waals surface area contributed by atoms with Gasteiger partial charge in [0.1, 0.15) is 0 Å². The van der Waals surface area contributed by atoms with Crippen LogP contribution in [0.15, 0.2) is 4.99 Å². The van der Waals surface area contributed by atoms with Crippen LogP contribution in [0.1, 0.15) is 58.8 Å². The van der Waals surface area contributed by atoms with Gasteiger partial charge in [0.2, 0.25) is 0 Å². The molecule has 18 heavy (non-hydrogen) atoms. The van der Waals surface area contributed by atoms with Crippen molar-refractivity contribution in [1.29, 1.82) is 0 Å². The van der Waals surface area contributed by atoms with Crippen LogP contribution in [-0.4, -0.2) is 24.0 Å². The molecular formula is C15H28N2S. The number of rotatable bonds is 5. The SMILES string of the molecule is CC(C)CCCCNC1=NCC2(CCCC2)CS1. The summed E-state index contributed by atoms with van der Waals surface area (Å²) < 4.78 is 0. The molecule has 1 fully saturated rings. The Morgan fingerprint density at radius 2 is 2.06 bits per heavy atom. The molecule has 104 valence electrons. The molecule has 1 aliphatic heterocycles. The number of thioether (sulfide) groups is 1. The second-order valence-electron chi connectivity index (χ2n) is 6.43. The molecule has 0 aromatic heterocycles. The number of unbranched alkanes of at least 4 members (excludes halogenated alkanes) is 1. The number of amidine groups is 1. The van der Waals surface area contributed by atoms with Gasteiger partial charge in [0.05, 0.1) is 0 Å². The molecule has 1 N–H and O–H groups in total. The average molecular weight is 268 g/mol. The summed E-state index contributed by atoms with van der Waals surface area (Å²) in [5.74, 6) is 2.14. The molecular weight excluding hydrogens is 240 g/mol. The van der Waals surface area contributed by atoms with E-state index in [2.05, 4.69) is 19.2 Å². The Balaban J connectivity index is 1.61. The molecule has 1 spiro atoms. The largest absolute Gasteiger partial charge is 0.365 e. The topological polar surface area (TPSA) is 24.4 Å². The van der Waals surface area contributed by atoms with E-state index in [9.17, 15) is 0 Å². The van der Waals surface area contributed by atoms with Crippen LogP contribution in [0.25, 0.3) is 0 Å². The molecule has 0 atom stereocenters. The van der Waals surface area contributed by atoms with Crippen molar-refractivity contribution >= 4 is 16.9 Å². The van der Waals surface area contributed by atoms with Gasteiger partial charge in [-0.15, -0.1) is 0 Å². The number of nitrogens with one attached hydrogen (secondary N) is 1. The summed E-state index contributed by atoms with van der Waals surface area (Å²) in [7, 11) is 0. The molecule has 0 amide bonds. The minimum atomic E-state index is 0.577. The second-order valence-corrected chi connectivity index (χ2v) is 7.40. The van der Waals surface area contributed by atoms with Crippen molar-refractivity contribution in [2.24, 2.45) is 16.3 Å². The first kappa shape index (κ1) is 14.2. The lowest BCUT2D eigenvalue weighted by atomic mass is 9.89. The Morgan fingerprint density at radius 3 is 2.67 bits per heavy atom. The maximum absolute atomic E-state index is 4.77. The third-order valence-electron chi connectivity index (χ3n) is 4.22. The summed E-state index contributed by atoms with van der Waals surface area (Å²) in [6.45, 7) is 6.78. The van der Waals surface area contributed by atoms with Gasteiger partial charge in [0.15, 0.2) is 5.17 Å². The van der Waals surface area contributed by atoms with Gasteiger partial charge >= 0.3 is 0 Å². The van der Waals surface area contributed by atoms with E-state index in [0.717, 1.165) is 19.0 Å². The first-order chi connectivity index (χ1) is 8.70. The molecule has 0 bridgehead atoms. The van der Waals surface area contributed by atoms with E-state index in [0.29, 0.717) is 5.41 Å². The average Bonchev–Trinajstić information content (AvgIpc) is 2.80. The fourth-order valence-corrected chi connectivity index (χ4v) is 4.14. The van der Waals surface area contributed by atoms with E-state index < -0.39 is 0 Å². The molecule has 0 radical (unpaired) electrons. The molecule has 0 aromatic carbocycles. The molecule has 0 saturated heterocycles. The van der Waals surface area contributed by atoms with Crippen molar-refractivity contribution in [3.8, 4) is 0 Å². The molecule has 1 saturated carbocycles. The van der Waals surface area contributed by atoms with Crippen LogP contribution in [0, 0.1) is 11.3 Å². The Labute approximate surface area is 116 Å². The number of hydrogen-bond acceptors (Lipinski definition) is 3. The Hall–Kier alpha value is -0.180. The van der Waals surface area contributed by atoms with Gasteiger partial charge in [-0.2, -0.15) is 0 Å². The zero-order valence-corrected chi connectivity index (χ0v) is 12.8. The van der Waals surface area contributed by atoms with Crippen LogP contribution in [0.2, 0.25) is 0 Å². The quantitative estimate of drug-likeness (QED) is 0.760. The molecule has 2 nitrogen and oxygen atoms in total. The van der Waals surface area contributed by atoms with Crippen molar-refractivity contribution < 1.29 is 0 Å². The first-order valence-electron chi connectivity index (χ1n) is 7.61. The Kier molecular flexibility index (Phi) is 5.40. The summed E-state index contributed by atoms with van der Waals surface area (Å²) >= 11 is 1.96. The number of nitrogens with zero attached hydrogens (tertiary/aromatic N) is 1. The normalized spacial score (nSPS) is 22.5. The zero-order chi connectivity index (χ0) is 12.8. The third-order valence-corrected chi connectivity index (χ3v) is 5.53. The van der Waals surface area contributed by atoms with Crippen LogP contribution in [0.3, 0.4) is 0 Å². The maximum Gasteiger partial charge on any atom is 0.156 e. The van der Waals surface area contributed by atoms with E-state index in [-0.39, 0.29) is 0 Å². The predicted octanol–water partition coefficient (Wildman–Crippen LogP) is 4.07. The fourth-order valence-electron chi connectivity index (χ4n) is 2.96. The molecule has 0 aromatic rings. The highest BCUT2D eigenvalue weighted by Crippen LogP contribution is 2.43. The third kappa shape index (κ3) is 4.18. The minimum absolute atomic E-state index is 0.577. The molecule has 2 aliphatic rings. The summed E-state index contributed by atoms with van der Waals surface area (Å²) in [6.07, 6.45) is 9.64. The predicted molar refractivity (Wildman–Crippen MR) is 82.4 cm³/mol. The van der Waals surface area contributed by atoms with Gasteiger partial charge in [-0.1, -0.05) is 51.3 Å². The highest BCUT2D eigenvalue weighted by atomic mass is 32.2. The lowest BCUT2D eigenvalue weighted by Crippen LogP contribution is -2.33. The number of hydrogen-bond donors (Lipinski definition) is 1. The lowest BCUT2D eigenvalue weighted by molar-refractivity contribution is 0.358. The summed E-state index contributed by atoms with van der Waals surface area (Å²) in [6, 6.07) is 0. The molecule has 1 heterocycles. The summed E-state index contributed by atoms with van der Waals surface area (Å²) in [5.41, 5.74) is 0.577. The van der Waals surface area contributed by atoms with Crippen molar-refractivity contribution in [3.05, 3.63) is 0 Å². The maximum atomic E-state index is 4.77. The number of aliphatic imine (C=N–C) groups is 1. The summed E-state index contributed by atoms with van der Waals surface area (Å²) in [4.78, 5) is 4.77. The van der Waals surface area contributed by atoms with Gasteiger partial charge in [-0.05, 0) is 30.6 Å². The van der Waals surface area contributed by atoms with Gasteiger partial charge in [-0.3, -0.25) is 4.99 Å². The van der Waals surface area contributed by atoms with Crippen LogP contribution in [0.4, 0.5) is 0 Å². The zero-order valence-electron chi connectivity index (χ0n) is 12.0. The lowest BCUT2D eigenvalue weighted by Gasteiger charge is -2.31. The molecule has 0 unspecified atom stereocenters. The minimum Gasteiger partial charge on any atom is -0.365 e.